The lowest BCUT2D eigenvalue weighted by molar-refractivity contribution is 0.596. The first-order valence-electron chi connectivity index (χ1n) is 22.5. The summed E-state index contributed by atoms with van der Waals surface area (Å²) in [5, 5.41) is 0. The predicted molar refractivity (Wildman–Crippen MR) is 278 cm³/mol. The molecule has 10 rings (SSSR count). The van der Waals surface area contributed by atoms with Crippen molar-refractivity contribution in [2.75, 3.05) is 0 Å². The smallest absolute Gasteiger partial charge is 0.206 e. The molecule has 0 unspecified atom stereocenters. The Bertz CT molecular complexity index is 3360. The molecule has 0 aliphatic carbocycles. The van der Waals surface area contributed by atoms with Crippen LogP contribution in [0.15, 0.2) is 289 Å². The van der Waals surface area contributed by atoms with E-state index < -0.39 is 9.84 Å². The van der Waals surface area contributed by atoms with Gasteiger partial charge in [-0.25, -0.2) is 8.42 Å². The SMILES string of the molecule is O=S(=O)(c1ccccc1)c1cccc(-c2cc(C(=C(c3ccccc3)c3ccccc3)c3ccccc3)ccc2-c2ccc(C(=C(c3ccccc3)c3ccccc3)c3ccccc3)cc2)c1. The summed E-state index contributed by atoms with van der Waals surface area (Å²) in [5.41, 5.74) is 16.9. The van der Waals surface area contributed by atoms with Crippen LogP contribution in [0.25, 0.3) is 44.5 Å². The van der Waals surface area contributed by atoms with Crippen LogP contribution in [0, 0.1) is 0 Å². The zero-order valence-electron chi connectivity index (χ0n) is 36.8. The van der Waals surface area contributed by atoms with Crippen molar-refractivity contribution in [3.8, 4) is 22.3 Å². The molecular formula is C64H46O2S. The van der Waals surface area contributed by atoms with Gasteiger partial charge in [0.2, 0.25) is 9.84 Å². The molecule has 0 aliphatic rings. The fourth-order valence-corrected chi connectivity index (χ4v) is 10.4. The lowest BCUT2D eigenvalue weighted by Gasteiger charge is -2.21. The van der Waals surface area contributed by atoms with Crippen LogP contribution >= 0.6 is 0 Å². The molecule has 0 aromatic heterocycles. The van der Waals surface area contributed by atoms with Crippen LogP contribution in [0.4, 0.5) is 0 Å². The van der Waals surface area contributed by atoms with Crippen molar-refractivity contribution in [1.29, 1.82) is 0 Å². The third-order valence-electron chi connectivity index (χ3n) is 12.2. The van der Waals surface area contributed by atoms with E-state index in [1.54, 1.807) is 30.3 Å². The van der Waals surface area contributed by atoms with E-state index in [9.17, 15) is 8.42 Å². The van der Waals surface area contributed by atoms with Gasteiger partial charge in [0.1, 0.15) is 0 Å². The second-order valence-corrected chi connectivity index (χ2v) is 18.3. The lowest BCUT2D eigenvalue weighted by atomic mass is 9.83. The highest BCUT2D eigenvalue weighted by molar-refractivity contribution is 7.91. The van der Waals surface area contributed by atoms with Gasteiger partial charge in [0.25, 0.3) is 0 Å². The molecule has 67 heavy (non-hydrogen) atoms. The van der Waals surface area contributed by atoms with Crippen LogP contribution in [0.2, 0.25) is 0 Å². The Labute approximate surface area is 394 Å². The molecule has 0 saturated carbocycles. The third-order valence-corrected chi connectivity index (χ3v) is 13.9. The van der Waals surface area contributed by atoms with Gasteiger partial charge in [0.15, 0.2) is 0 Å². The summed E-state index contributed by atoms with van der Waals surface area (Å²) in [6.07, 6.45) is 0. The topological polar surface area (TPSA) is 34.1 Å². The summed E-state index contributed by atoms with van der Waals surface area (Å²) in [6, 6.07) is 95.0. The predicted octanol–water partition coefficient (Wildman–Crippen LogP) is 15.9. The second kappa shape index (κ2) is 19.4. The van der Waals surface area contributed by atoms with Gasteiger partial charge in [0, 0.05) is 0 Å². The molecule has 3 heteroatoms. The van der Waals surface area contributed by atoms with Crippen molar-refractivity contribution in [3.05, 3.63) is 324 Å². The molecule has 0 N–H and O–H groups in total. The van der Waals surface area contributed by atoms with Crippen LogP contribution in [0.3, 0.4) is 0 Å². The van der Waals surface area contributed by atoms with Gasteiger partial charge >= 0.3 is 0 Å². The Balaban J connectivity index is 1.21. The highest BCUT2D eigenvalue weighted by Gasteiger charge is 2.22. The zero-order valence-corrected chi connectivity index (χ0v) is 37.6. The van der Waals surface area contributed by atoms with Gasteiger partial charge in [-0.15, -0.1) is 0 Å². The molecule has 0 bridgehead atoms. The lowest BCUT2D eigenvalue weighted by Crippen LogP contribution is -2.02. The molecule has 0 fully saturated rings. The largest absolute Gasteiger partial charge is 0.219 e. The summed E-state index contributed by atoms with van der Waals surface area (Å²) < 4.78 is 28.4. The fraction of sp³-hybridized carbons (Fsp3) is 0. The van der Waals surface area contributed by atoms with Gasteiger partial charge in [-0.05, 0) is 119 Å². The number of hydrogen-bond donors (Lipinski definition) is 0. The zero-order chi connectivity index (χ0) is 45.4. The van der Waals surface area contributed by atoms with Crippen molar-refractivity contribution in [1.82, 2.24) is 0 Å². The van der Waals surface area contributed by atoms with E-state index in [4.69, 9.17) is 0 Å². The molecule has 0 amide bonds. The summed E-state index contributed by atoms with van der Waals surface area (Å²) in [4.78, 5) is 0.497. The fourth-order valence-electron chi connectivity index (χ4n) is 9.02. The normalized spacial score (nSPS) is 11.1. The van der Waals surface area contributed by atoms with Gasteiger partial charge < -0.3 is 0 Å². The average molecular weight is 879 g/mol. The molecule has 10 aromatic rings. The maximum absolute atomic E-state index is 14.2. The summed E-state index contributed by atoms with van der Waals surface area (Å²) >= 11 is 0. The maximum Gasteiger partial charge on any atom is 0.206 e. The first kappa shape index (κ1) is 42.6. The minimum Gasteiger partial charge on any atom is -0.219 e. The molecule has 0 atom stereocenters. The second-order valence-electron chi connectivity index (χ2n) is 16.4. The molecule has 0 radical (unpaired) electrons. The Morgan fingerprint density at radius 1 is 0.224 bits per heavy atom. The summed E-state index contributed by atoms with van der Waals surface area (Å²) in [6.45, 7) is 0. The molecule has 0 heterocycles. The maximum atomic E-state index is 14.2. The Morgan fingerprint density at radius 3 is 0.925 bits per heavy atom. The Hall–Kier alpha value is -8.37. The summed E-state index contributed by atoms with van der Waals surface area (Å²) in [7, 11) is -3.81. The van der Waals surface area contributed by atoms with Crippen LogP contribution in [0.5, 0.6) is 0 Å². The number of sulfone groups is 1. The average Bonchev–Trinajstić information content (AvgIpc) is 3.41. The van der Waals surface area contributed by atoms with Gasteiger partial charge in [-0.3, -0.25) is 0 Å². The number of hydrogen-bond acceptors (Lipinski definition) is 2. The van der Waals surface area contributed by atoms with Gasteiger partial charge in [-0.2, -0.15) is 0 Å². The van der Waals surface area contributed by atoms with Crippen LogP contribution in [-0.4, -0.2) is 8.42 Å². The van der Waals surface area contributed by atoms with Gasteiger partial charge in [-0.1, -0.05) is 249 Å². The molecular weight excluding hydrogens is 833 g/mol. The van der Waals surface area contributed by atoms with Crippen molar-refractivity contribution in [3.63, 3.8) is 0 Å². The number of benzene rings is 10. The highest BCUT2D eigenvalue weighted by atomic mass is 32.2. The minimum atomic E-state index is -3.81. The van der Waals surface area contributed by atoms with Gasteiger partial charge in [0.05, 0.1) is 9.79 Å². The standard InChI is InChI=1S/C64H46O2S/c65-67(66,57-36-20-7-21-37-57)58-38-22-35-55(45-58)60-46-56(64(53-33-18-6-19-34-53)62(50-27-12-3-13-28-50)51-29-14-4-15-30-51)43-44-59(60)47-39-41-54(42-40-47)63(52-31-16-5-17-32-52)61(48-23-8-1-9-24-48)49-25-10-2-11-26-49/h1-46H. The highest BCUT2D eigenvalue weighted by Crippen LogP contribution is 2.43. The van der Waals surface area contributed by atoms with Crippen molar-refractivity contribution in [2.24, 2.45) is 0 Å². The van der Waals surface area contributed by atoms with Crippen molar-refractivity contribution < 1.29 is 8.42 Å². The Morgan fingerprint density at radius 2 is 0.537 bits per heavy atom. The minimum absolute atomic E-state index is 0.239. The van der Waals surface area contributed by atoms with E-state index in [0.29, 0.717) is 0 Å². The van der Waals surface area contributed by atoms with E-state index in [0.717, 1.165) is 89.1 Å². The van der Waals surface area contributed by atoms with Crippen molar-refractivity contribution >= 4 is 32.1 Å². The van der Waals surface area contributed by atoms with E-state index in [-0.39, 0.29) is 9.79 Å². The Kier molecular flexibility index (Phi) is 12.3. The molecule has 2 nitrogen and oxygen atoms in total. The quantitative estimate of drug-likeness (QED) is 0.115. The first-order valence-corrected chi connectivity index (χ1v) is 24.0. The monoisotopic (exact) mass is 878 g/mol. The van der Waals surface area contributed by atoms with Crippen LogP contribution in [-0.2, 0) is 9.84 Å². The van der Waals surface area contributed by atoms with Crippen LogP contribution < -0.4 is 0 Å². The third kappa shape index (κ3) is 9.02. The first-order chi connectivity index (χ1) is 33.0. The molecule has 0 spiro atoms. The van der Waals surface area contributed by atoms with Crippen molar-refractivity contribution in [2.45, 2.75) is 9.79 Å². The van der Waals surface area contributed by atoms with E-state index in [1.807, 2.05) is 42.5 Å². The molecule has 320 valence electrons. The van der Waals surface area contributed by atoms with E-state index >= 15 is 0 Å². The molecule has 0 saturated heterocycles. The van der Waals surface area contributed by atoms with E-state index in [1.165, 1.54) is 0 Å². The summed E-state index contributed by atoms with van der Waals surface area (Å²) in [5.74, 6) is 0. The molecule has 10 aromatic carbocycles. The molecule has 0 aliphatic heterocycles. The van der Waals surface area contributed by atoms with E-state index in [2.05, 4.69) is 206 Å². The van der Waals surface area contributed by atoms with Crippen LogP contribution in [0.1, 0.15) is 44.5 Å². The number of rotatable bonds is 12.